The van der Waals surface area contributed by atoms with Crippen LogP contribution in [0.2, 0.25) is 0 Å². The fourth-order valence-corrected chi connectivity index (χ4v) is 6.96. The van der Waals surface area contributed by atoms with E-state index in [-0.39, 0.29) is 28.9 Å². The van der Waals surface area contributed by atoms with Gasteiger partial charge in [-0.15, -0.1) is 0 Å². The van der Waals surface area contributed by atoms with Crippen LogP contribution in [-0.4, -0.2) is 28.2 Å². The number of aliphatic hydroxyl groups is 1. The van der Waals surface area contributed by atoms with Crippen LogP contribution in [0.3, 0.4) is 0 Å². The third-order valence-electron chi connectivity index (χ3n) is 8.88. The number of benzene rings is 2. The lowest BCUT2D eigenvalue weighted by molar-refractivity contribution is -0.112. The molecule has 0 spiro atoms. The predicted molar refractivity (Wildman–Crippen MR) is 151 cm³/mol. The number of amides is 1. The first-order valence-electron chi connectivity index (χ1n) is 12.8. The molecule has 6 heteroatoms. The Kier molecular flexibility index (Phi) is 8.25. The quantitative estimate of drug-likeness (QED) is 0.259. The van der Waals surface area contributed by atoms with Crippen molar-refractivity contribution in [3.05, 3.63) is 74.9 Å². The van der Waals surface area contributed by atoms with Gasteiger partial charge in [-0.05, 0) is 133 Å². The third kappa shape index (κ3) is 5.86. The van der Waals surface area contributed by atoms with E-state index in [2.05, 4.69) is 66.0 Å². The van der Waals surface area contributed by atoms with Gasteiger partial charge in [0.15, 0.2) is 0 Å². The van der Waals surface area contributed by atoms with Crippen LogP contribution in [0.5, 0.6) is 0 Å². The number of carbonyl (C=O) groups excluding carboxylic acids is 1. The molecule has 2 fully saturated rings. The molecule has 2 aromatic rings. The van der Waals surface area contributed by atoms with Gasteiger partial charge in [0.2, 0.25) is 5.91 Å². The summed E-state index contributed by atoms with van der Waals surface area (Å²) in [5.41, 5.74) is 3.27. The number of anilines is 1. The number of aliphatic hydroxyl groups excluding tert-OH is 1. The predicted octanol–water partition coefficient (Wildman–Crippen LogP) is 6.56. The van der Waals surface area contributed by atoms with E-state index in [1.165, 1.54) is 21.3 Å². The van der Waals surface area contributed by atoms with E-state index in [4.69, 9.17) is 5.11 Å². The SMILES string of the molecule is C/C(=C\C(=O)Nc1ccc(C(=O)O)cc1)[C@@H]1CC[C@@H]2[C@H](Cc3ccc(I)cc3)[C@@H](O)C[C@@H](C)[C@]2(C)C1. The summed E-state index contributed by atoms with van der Waals surface area (Å²) in [6.45, 7) is 6.73. The number of hydrogen-bond donors (Lipinski definition) is 3. The molecule has 2 aliphatic carbocycles. The molecule has 0 aliphatic heterocycles. The van der Waals surface area contributed by atoms with Crippen molar-refractivity contribution in [2.24, 2.45) is 29.1 Å². The number of hydrogen-bond acceptors (Lipinski definition) is 3. The van der Waals surface area contributed by atoms with Crippen LogP contribution in [0.25, 0.3) is 0 Å². The Balaban J connectivity index is 1.45. The summed E-state index contributed by atoms with van der Waals surface area (Å²) >= 11 is 2.33. The molecule has 0 saturated heterocycles. The van der Waals surface area contributed by atoms with Crippen LogP contribution in [0.1, 0.15) is 62.4 Å². The zero-order valence-corrected chi connectivity index (χ0v) is 23.4. The first-order valence-corrected chi connectivity index (χ1v) is 13.9. The van der Waals surface area contributed by atoms with E-state index in [0.717, 1.165) is 37.7 Å². The van der Waals surface area contributed by atoms with E-state index in [1.807, 2.05) is 6.92 Å². The van der Waals surface area contributed by atoms with Crippen molar-refractivity contribution in [3.8, 4) is 0 Å². The van der Waals surface area contributed by atoms with Crippen LogP contribution in [0, 0.1) is 32.7 Å². The minimum atomic E-state index is -0.988. The largest absolute Gasteiger partial charge is 0.478 e. The molecule has 0 unspecified atom stereocenters. The number of halogens is 1. The second-order valence-corrected chi connectivity index (χ2v) is 12.3. The van der Waals surface area contributed by atoms with Gasteiger partial charge in [-0.2, -0.15) is 0 Å². The Labute approximate surface area is 227 Å². The Morgan fingerprint density at radius 3 is 2.42 bits per heavy atom. The summed E-state index contributed by atoms with van der Waals surface area (Å²) in [4.78, 5) is 23.7. The van der Waals surface area contributed by atoms with E-state index < -0.39 is 5.97 Å². The summed E-state index contributed by atoms with van der Waals surface area (Å²) in [5, 5.41) is 23.0. The van der Waals surface area contributed by atoms with Gasteiger partial charge in [0, 0.05) is 15.3 Å². The Bertz CT molecular complexity index is 1130. The first kappa shape index (κ1) is 26.9. The fraction of sp³-hybridized carbons (Fsp3) is 0.467. The lowest BCUT2D eigenvalue weighted by Crippen LogP contribution is -2.52. The molecule has 36 heavy (non-hydrogen) atoms. The molecule has 192 valence electrons. The molecule has 6 atom stereocenters. The first-order chi connectivity index (χ1) is 17.1. The molecule has 5 nitrogen and oxygen atoms in total. The highest BCUT2D eigenvalue weighted by atomic mass is 127. The molecule has 2 aromatic carbocycles. The summed E-state index contributed by atoms with van der Waals surface area (Å²) in [7, 11) is 0. The minimum absolute atomic E-state index is 0.119. The second-order valence-electron chi connectivity index (χ2n) is 11.0. The standard InChI is InChI=1S/C30H36INO4/c1-18(14-28(34)32-24-11-6-21(7-12-24)29(35)36)22-8-13-26-25(16-20-4-9-23(31)10-5-20)27(33)15-19(2)30(26,3)17-22/h4-7,9-12,14,19,22,25-27,33H,8,13,15-17H2,1-3H3,(H,32,34)(H,35,36)/b18-14+/t19-,22-,25+,26-,27+,30+/m1/s1. The van der Waals surface area contributed by atoms with E-state index in [9.17, 15) is 14.7 Å². The van der Waals surface area contributed by atoms with Gasteiger partial charge < -0.3 is 15.5 Å². The highest BCUT2D eigenvalue weighted by Gasteiger charge is 2.52. The molecule has 0 aromatic heterocycles. The fourth-order valence-electron chi connectivity index (χ4n) is 6.60. The monoisotopic (exact) mass is 601 g/mol. The Hall–Kier alpha value is -2.19. The number of carboxylic acids is 1. The number of fused-ring (bicyclic) bond motifs is 1. The molecule has 4 rings (SSSR count). The van der Waals surface area contributed by atoms with Gasteiger partial charge in [0.05, 0.1) is 11.7 Å². The Morgan fingerprint density at radius 1 is 1.11 bits per heavy atom. The molecule has 0 radical (unpaired) electrons. The highest BCUT2D eigenvalue weighted by Crippen LogP contribution is 2.58. The van der Waals surface area contributed by atoms with Gasteiger partial charge in [-0.1, -0.05) is 31.6 Å². The van der Waals surface area contributed by atoms with E-state index >= 15 is 0 Å². The number of carbonyl (C=O) groups is 2. The topological polar surface area (TPSA) is 86.6 Å². The van der Waals surface area contributed by atoms with Gasteiger partial charge in [0.25, 0.3) is 0 Å². The average molecular weight is 602 g/mol. The molecule has 2 saturated carbocycles. The summed E-state index contributed by atoms with van der Waals surface area (Å²) in [5.74, 6) is 0.296. The van der Waals surface area contributed by atoms with Crippen molar-refractivity contribution in [3.63, 3.8) is 0 Å². The van der Waals surface area contributed by atoms with E-state index in [1.54, 1.807) is 18.2 Å². The number of carboxylic acid groups (broad SMARTS) is 1. The lowest BCUT2D eigenvalue weighted by atomic mass is 9.49. The van der Waals surface area contributed by atoms with Crippen LogP contribution in [0.4, 0.5) is 5.69 Å². The summed E-state index contributed by atoms with van der Waals surface area (Å²) < 4.78 is 1.23. The molecule has 1 amide bonds. The normalized spacial score (nSPS) is 30.4. The maximum Gasteiger partial charge on any atom is 0.335 e. The maximum absolute atomic E-state index is 12.7. The van der Waals surface area contributed by atoms with Gasteiger partial charge in [-0.25, -0.2) is 4.79 Å². The molecule has 0 bridgehead atoms. The third-order valence-corrected chi connectivity index (χ3v) is 9.60. The van der Waals surface area contributed by atoms with Crippen molar-refractivity contribution >= 4 is 40.2 Å². The molecule has 2 aliphatic rings. The van der Waals surface area contributed by atoms with Crippen LogP contribution >= 0.6 is 22.6 Å². The average Bonchev–Trinajstić information content (AvgIpc) is 2.83. The molecule has 0 heterocycles. The smallest absolute Gasteiger partial charge is 0.335 e. The van der Waals surface area contributed by atoms with Crippen molar-refractivity contribution < 1.29 is 19.8 Å². The van der Waals surface area contributed by atoms with Crippen LogP contribution in [0.15, 0.2) is 60.2 Å². The summed E-state index contributed by atoms with van der Waals surface area (Å²) in [6, 6.07) is 14.9. The molecule has 3 N–H and O–H groups in total. The van der Waals surface area contributed by atoms with Gasteiger partial charge in [0.1, 0.15) is 0 Å². The van der Waals surface area contributed by atoms with Gasteiger partial charge in [-0.3, -0.25) is 4.79 Å². The lowest BCUT2D eigenvalue weighted by Gasteiger charge is -2.56. The zero-order valence-electron chi connectivity index (χ0n) is 21.2. The highest BCUT2D eigenvalue weighted by molar-refractivity contribution is 14.1. The number of nitrogens with one attached hydrogen (secondary N) is 1. The molecular weight excluding hydrogens is 565 g/mol. The van der Waals surface area contributed by atoms with Crippen molar-refractivity contribution in [2.75, 3.05) is 5.32 Å². The number of allylic oxidation sites excluding steroid dienone is 1. The maximum atomic E-state index is 12.7. The van der Waals surface area contributed by atoms with Crippen LogP contribution in [-0.2, 0) is 11.2 Å². The molecular formula is C30H36INO4. The van der Waals surface area contributed by atoms with Crippen molar-refractivity contribution in [1.29, 1.82) is 0 Å². The van der Waals surface area contributed by atoms with Crippen molar-refractivity contribution in [1.82, 2.24) is 0 Å². The minimum Gasteiger partial charge on any atom is -0.478 e. The summed E-state index contributed by atoms with van der Waals surface area (Å²) in [6.07, 6.45) is 6.26. The Morgan fingerprint density at radius 2 is 1.78 bits per heavy atom. The van der Waals surface area contributed by atoms with Gasteiger partial charge >= 0.3 is 5.97 Å². The number of aromatic carboxylic acids is 1. The second kappa shape index (κ2) is 11.1. The van der Waals surface area contributed by atoms with Crippen molar-refractivity contribution in [2.45, 2.75) is 59.0 Å². The van der Waals surface area contributed by atoms with E-state index in [0.29, 0.717) is 23.4 Å². The number of rotatable bonds is 6. The zero-order chi connectivity index (χ0) is 26.0. The van der Waals surface area contributed by atoms with Crippen LogP contribution < -0.4 is 5.32 Å².